The zero-order chi connectivity index (χ0) is 21.4. The highest BCUT2D eigenvalue weighted by Gasteiger charge is 2.35. The van der Waals surface area contributed by atoms with Crippen molar-refractivity contribution in [2.75, 3.05) is 0 Å². The summed E-state index contributed by atoms with van der Waals surface area (Å²) in [5.74, 6) is -0.274. The molecule has 7 heteroatoms. The van der Waals surface area contributed by atoms with E-state index in [-0.39, 0.29) is 17.7 Å². The number of thioether (sulfide) groups is 1. The van der Waals surface area contributed by atoms with Gasteiger partial charge in [-0.1, -0.05) is 53.5 Å². The lowest BCUT2D eigenvalue weighted by Crippen LogP contribution is -2.27. The lowest BCUT2D eigenvalue weighted by atomic mass is 10.2. The van der Waals surface area contributed by atoms with E-state index in [0.29, 0.717) is 15.0 Å². The lowest BCUT2D eigenvalue weighted by molar-refractivity contribution is -0.123. The van der Waals surface area contributed by atoms with Crippen molar-refractivity contribution >= 4 is 52.2 Å². The number of hydrogen-bond acceptors (Lipinski definition) is 3. The number of amides is 2. The highest BCUT2D eigenvalue weighted by atomic mass is 35.5. The predicted octanol–water partition coefficient (Wildman–Crippen LogP) is 6.64. The third-order valence-electron chi connectivity index (χ3n) is 4.92. The fourth-order valence-corrected chi connectivity index (χ4v) is 4.89. The maximum absolute atomic E-state index is 12.9. The number of nitrogens with zero attached hydrogens (tertiary/aromatic N) is 2. The molecule has 1 saturated heterocycles. The number of rotatable bonds is 4. The molecule has 152 valence electrons. The molecule has 30 heavy (non-hydrogen) atoms. The summed E-state index contributed by atoms with van der Waals surface area (Å²) < 4.78 is 2.03. The van der Waals surface area contributed by atoms with Crippen molar-refractivity contribution < 1.29 is 9.59 Å². The minimum absolute atomic E-state index is 0.259. The Balaban J connectivity index is 1.65. The monoisotopic (exact) mass is 456 g/mol. The number of carbonyl (C=O) groups excluding carboxylic acids is 2. The summed E-state index contributed by atoms with van der Waals surface area (Å²) in [5, 5.41) is 0.840. The van der Waals surface area contributed by atoms with Crippen LogP contribution in [0.1, 0.15) is 22.5 Å². The molecule has 0 bridgehead atoms. The highest BCUT2D eigenvalue weighted by molar-refractivity contribution is 8.18. The van der Waals surface area contributed by atoms with Crippen molar-refractivity contribution in [3.63, 3.8) is 0 Å². The van der Waals surface area contributed by atoms with Gasteiger partial charge in [-0.25, -0.2) is 0 Å². The Morgan fingerprint density at radius 3 is 2.30 bits per heavy atom. The summed E-state index contributed by atoms with van der Waals surface area (Å²) >= 11 is 13.3. The maximum atomic E-state index is 12.9. The third-order valence-corrected chi connectivity index (χ3v) is 6.26. The average Bonchev–Trinajstić information content (AvgIpc) is 3.11. The first-order chi connectivity index (χ1) is 14.3. The predicted molar refractivity (Wildman–Crippen MR) is 123 cm³/mol. The largest absolute Gasteiger partial charge is 0.318 e. The molecule has 1 aromatic heterocycles. The fraction of sp³-hybridized carbons (Fsp3) is 0.130. The summed E-state index contributed by atoms with van der Waals surface area (Å²) in [4.78, 5) is 27.0. The molecule has 4 rings (SSSR count). The van der Waals surface area contributed by atoms with Crippen molar-refractivity contribution in [2.45, 2.75) is 20.4 Å². The van der Waals surface area contributed by atoms with E-state index in [4.69, 9.17) is 23.2 Å². The molecule has 2 amide bonds. The van der Waals surface area contributed by atoms with Gasteiger partial charge in [0, 0.05) is 27.1 Å². The number of hydrogen-bond donors (Lipinski definition) is 0. The van der Waals surface area contributed by atoms with Crippen LogP contribution in [0.3, 0.4) is 0 Å². The van der Waals surface area contributed by atoms with Gasteiger partial charge in [0.25, 0.3) is 11.1 Å². The van der Waals surface area contributed by atoms with Crippen molar-refractivity contribution in [3.05, 3.63) is 92.1 Å². The van der Waals surface area contributed by atoms with Crippen LogP contribution < -0.4 is 0 Å². The summed E-state index contributed by atoms with van der Waals surface area (Å²) in [6.07, 6.45) is 1.78. The minimum Gasteiger partial charge on any atom is -0.318 e. The van der Waals surface area contributed by atoms with E-state index < -0.39 is 0 Å². The number of carbonyl (C=O) groups is 2. The van der Waals surface area contributed by atoms with Gasteiger partial charge in [0.1, 0.15) is 0 Å². The van der Waals surface area contributed by atoms with E-state index in [0.717, 1.165) is 40.0 Å². The van der Waals surface area contributed by atoms with Crippen LogP contribution in [0.15, 0.2) is 59.5 Å². The van der Waals surface area contributed by atoms with Crippen molar-refractivity contribution in [1.29, 1.82) is 0 Å². The van der Waals surface area contributed by atoms with E-state index in [1.54, 1.807) is 12.1 Å². The van der Waals surface area contributed by atoms with E-state index in [1.165, 1.54) is 4.90 Å². The zero-order valence-corrected chi connectivity index (χ0v) is 18.7. The van der Waals surface area contributed by atoms with Crippen LogP contribution in [0.25, 0.3) is 11.8 Å². The third kappa shape index (κ3) is 4.06. The van der Waals surface area contributed by atoms with Crippen LogP contribution >= 0.6 is 35.0 Å². The first kappa shape index (κ1) is 20.8. The van der Waals surface area contributed by atoms with E-state index in [2.05, 4.69) is 0 Å². The normalized spacial score (nSPS) is 15.5. The fourth-order valence-electron chi connectivity index (χ4n) is 3.54. The Kier molecular flexibility index (Phi) is 5.78. The van der Waals surface area contributed by atoms with Crippen LogP contribution in [0.4, 0.5) is 4.79 Å². The summed E-state index contributed by atoms with van der Waals surface area (Å²) in [7, 11) is 0. The topological polar surface area (TPSA) is 42.3 Å². The van der Waals surface area contributed by atoms with Gasteiger partial charge < -0.3 is 4.57 Å². The number of aromatic nitrogens is 1. The molecule has 0 N–H and O–H groups in total. The number of aryl methyl sites for hydroxylation is 1. The van der Waals surface area contributed by atoms with Crippen molar-refractivity contribution in [2.24, 2.45) is 0 Å². The molecule has 0 aliphatic carbocycles. The van der Waals surface area contributed by atoms with E-state index >= 15 is 0 Å². The molecular formula is C23H18Cl2N2O2S. The van der Waals surface area contributed by atoms with Gasteiger partial charge in [-0.3, -0.25) is 14.5 Å². The molecule has 1 fully saturated rings. The van der Waals surface area contributed by atoms with Crippen LogP contribution in [0.2, 0.25) is 10.0 Å². The Bertz CT molecular complexity index is 1170. The van der Waals surface area contributed by atoms with Gasteiger partial charge in [-0.15, -0.1) is 0 Å². The second-order valence-corrected chi connectivity index (χ2v) is 8.91. The molecule has 1 aliphatic heterocycles. The second kappa shape index (κ2) is 8.34. The molecule has 4 nitrogen and oxygen atoms in total. The number of imide groups is 1. The van der Waals surface area contributed by atoms with Gasteiger partial charge in [0.2, 0.25) is 0 Å². The van der Waals surface area contributed by atoms with E-state index in [1.807, 2.05) is 66.9 Å². The van der Waals surface area contributed by atoms with Crippen LogP contribution in [0, 0.1) is 13.8 Å². The molecule has 0 saturated carbocycles. The Hall–Kier alpha value is -2.47. The number of halogens is 2. The molecule has 1 aliphatic rings. The second-order valence-electron chi connectivity index (χ2n) is 7.04. The molecule has 2 heterocycles. The molecule has 3 aromatic rings. The molecule has 0 radical (unpaired) electrons. The number of benzene rings is 2. The SMILES string of the molecule is Cc1cc(/C=C2\SC(=O)N(Cc3ccccc3)C2=O)c(C)n1-c1cc(Cl)cc(Cl)c1. The summed E-state index contributed by atoms with van der Waals surface area (Å²) in [5.41, 5.74) is 4.53. The van der Waals surface area contributed by atoms with Crippen molar-refractivity contribution in [3.8, 4) is 5.69 Å². The highest BCUT2D eigenvalue weighted by Crippen LogP contribution is 2.35. The zero-order valence-electron chi connectivity index (χ0n) is 16.4. The van der Waals surface area contributed by atoms with Crippen LogP contribution in [0.5, 0.6) is 0 Å². The Labute approximate surface area is 189 Å². The maximum Gasteiger partial charge on any atom is 0.293 e. The molecule has 0 unspecified atom stereocenters. The van der Waals surface area contributed by atoms with Gasteiger partial charge in [0.15, 0.2) is 0 Å². The quantitative estimate of drug-likeness (QED) is 0.413. The summed E-state index contributed by atoms with van der Waals surface area (Å²) in [6.45, 7) is 4.20. The molecular weight excluding hydrogens is 439 g/mol. The van der Waals surface area contributed by atoms with Gasteiger partial charge in [-0.2, -0.15) is 0 Å². The molecule has 2 aromatic carbocycles. The van der Waals surface area contributed by atoms with Gasteiger partial charge >= 0.3 is 0 Å². The lowest BCUT2D eigenvalue weighted by Gasteiger charge is -2.12. The Morgan fingerprint density at radius 1 is 0.967 bits per heavy atom. The molecule has 0 spiro atoms. The van der Waals surface area contributed by atoms with Gasteiger partial charge in [-0.05, 0) is 67.1 Å². The first-order valence-electron chi connectivity index (χ1n) is 9.28. The standard InChI is InChI=1S/C23H18Cl2N2O2S/c1-14-8-17(15(2)27(14)20-11-18(24)10-19(25)12-20)9-21-22(28)26(23(29)30-21)13-16-6-4-3-5-7-16/h3-12H,13H2,1-2H3/b21-9-. The summed E-state index contributed by atoms with van der Waals surface area (Å²) in [6, 6.07) is 16.8. The van der Waals surface area contributed by atoms with Crippen LogP contribution in [-0.2, 0) is 11.3 Å². The average molecular weight is 457 g/mol. The first-order valence-corrected chi connectivity index (χ1v) is 10.9. The van der Waals surface area contributed by atoms with Crippen LogP contribution in [-0.4, -0.2) is 20.6 Å². The minimum atomic E-state index is -0.274. The molecule has 0 atom stereocenters. The van der Waals surface area contributed by atoms with E-state index in [9.17, 15) is 9.59 Å². The van der Waals surface area contributed by atoms with Crippen molar-refractivity contribution in [1.82, 2.24) is 9.47 Å². The Morgan fingerprint density at radius 2 is 1.63 bits per heavy atom. The smallest absolute Gasteiger partial charge is 0.293 e. The van der Waals surface area contributed by atoms with Gasteiger partial charge in [0.05, 0.1) is 11.4 Å².